The molecule has 116 valence electrons. The summed E-state index contributed by atoms with van der Waals surface area (Å²) < 4.78 is 0. The van der Waals surface area contributed by atoms with Crippen molar-refractivity contribution in [3.8, 4) is 0 Å². The summed E-state index contributed by atoms with van der Waals surface area (Å²) in [6.07, 6.45) is 12.7. The van der Waals surface area contributed by atoms with Crippen molar-refractivity contribution in [1.82, 2.24) is 5.32 Å². The van der Waals surface area contributed by atoms with Crippen molar-refractivity contribution >= 4 is 0 Å². The van der Waals surface area contributed by atoms with Gasteiger partial charge in [0, 0.05) is 6.54 Å². The molecule has 1 nitrogen and oxygen atoms in total. The van der Waals surface area contributed by atoms with Gasteiger partial charge in [-0.2, -0.15) is 0 Å². The molecule has 1 N–H and O–H groups in total. The van der Waals surface area contributed by atoms with Gasteiger partial charge in [-0.3, -0.25) is 0 Å². The van der Waals surface area contributed by atoms with E-state index in [9.17, 15) is 0 Å². The Hall–Kier alpha value is -0.0400. The average Bonchev–Trinajstić information content (AvgIpc) is 2.37. The molecule has 0 saturated heterocycles. The van der Waals surface area contributed by atoms with Crippen molar-refractivity contribution < 1.29 is 0 Å². The lowest BCUT2D eigenvalue weighted by Crippen LogP contribution is -2.33. The normalized spacial score (nSPS) is 14.8. The monoisotopic (exact) mass is 269 g/mol. The number of hydrogen-bond donors (Lipinski definition) is 1. The fourth-order valence-corrected chi connectivity index (χ4v) is 2.56. The number of hydrogen-bond acceptors (Lipinski definition) is 1. The zero-order chi connectivity index (χ0) is 14.6. The van der Waals surface area contributed by atoms with Gasteiger partial charge in [-0.25, -0.2) is 0 Å². The Morgan fingerprint density at radius 1 is 0.895 bits per heavy atom. The van der Waals surface area contributed by atoms with E-state index in [-0.39, 0.29) is 0 Å². The number of unbranched alkanes of at least 4 members (excludes halogenated alkanes) is 6. The summed E-state index contributed by atoms with van der Waals surface area (Å²) in [5.41, 5.74) is 0.512. The molecule has 0 rings (SSSR count). The van der Waals surface area contributed by atoms with E-state index in [2.05, 4.69) is 39.9 Å². The molecule has 0 aliphatic rings. The lowest BCUT2D eigenvalue weighted by atomic mass is 9.82. The fraction of sp³-hybridized carbons (Fsp3) is 1.00. The Labute approximate surface area is 122 Å². The van der Waals surface area contributed by atoms with E-state index >= 15 is 0 Å². The van der Waals surface area contributed by atoms with E-state index in [1.54, 1.807) is 0 Å². The second kappa shape index (κ2) is 11.8. The zero-order valence-electron chi connectivity index (χ0n) is 14.4. The van der Waals surface area contributed by atoms with E-state index in [4.69, 9.17) is 0 Å². The first kappa shape index (κ1) is 19.0. The Bertz CT molecular complexity index is 188. The number of nitrogens with one attached hydrogen (secondary N) is 1. The van der Waals surface area contributed by atoms with E-state index in [1.807, 2.05) is 0 Å². The van der Waals surface area contributed by atoms with Crippen LogP contribution < -0.4 is 5.32 Å². The molecule has 0 aromatic rings. The molecular weight excluding hydrogens is 230 g/mol. The van der Waals surface area contributed by atoms with E-state index < -0.39 is 0 Å². The standard InChI is InChI=1S/C18H39N/c1-6-8-9-10-11-12-13-14-18(5,7-2)16-19-15-17(3)4/h17,19H,6-16H2,1-5H3. The lowest BCUT2D eigenvalue weighted by molar-refractivity contribution is 0.255. The van der Waals surface area contributed by atoms with Crippen LogP contribution in [0.1, 0.15) is 92.4 Å². The molecule has 1 unspecified atom stereocenters. The van der Waals surface area contributed by atoms with Crippen LogP contribution in [0.15, 0.2) is 0 Å². The van der Waals surface area contributed by atoms with Crippen LogP contribution in [-0.4, -0.2) is 13.1 Å². The maximum absolute atomic E-state index is 3.65. The van der Waals surface area contributed by atoms with Gasteiger partial charge >= 0.3 is 0 Å². The summed E-state index contributed by atoms with van der Waals surface area (Å²) in [5.74, 6) is 0.764. The average molecular weight is 270 g/mol. The van der Waals surface area contributed by atoms with Gasteiger partial charge in [0.25, 0.3) is 0 Å². The van der Waals surface area contributed by atoms with Crippen LogP contribution >= 0.6 is 0 Å². The molecule has 1 atom stereocenters. The molecular formula is C18H39N. The highest BCUT2D eigenvalue weighted by atomic mass is 14.9. The van der Waals surface area contributed by atoms with Gasteiger partial charge in [-0.15, -0.1) is 0 Å². The highest BCUT2D eigenvalue weighted by Gasteiger charge is 2.20. The predicted molar refractivity (Wildman–Crippen MR) is 88.7 cm³/mol. The zero-order valence-corrected chi connectivity index (χ0v) is 14.4. The smallest absolute Gasteiger partial charge is 0.000517 e. The summed E-state index contributed by atoms with van der Waals surface area (Å²) in [5, 5.41) is 3.65. The second-order valence-corrected chi connectivity index (χ2v) is 7.06. The minimum absolute atomic E-state index is 0.512. The van der Waals surface area contributed by atoms with Crippen LogP contribution in [0, 0.1) is 11.3 Å². The highest BCUT2D eigenvalue weighted by molar-refractivity contribution is 4.75. The van der Waals surface area contributed by atoms with Crippen LogP contribution in [0.25, 0.3) is 0 Å². The summed E-state index contributed by atoms with van der Waals surface area (Å²) in [6, 6.07) is 0. The SMILES string of the molecule is CCCCCCCCCC(C)(CC)CNCC(C)C. The molecule has 0 radical (unpaired) electrons. The Balaban J connectivity index is 3.61. The van der Waals surface area contributed by atoms with Gasteiger partial charge in [0.1, 0.15) is 0 Å². The van der Waals surface area contributed by atoms with Crippen molar-refractivity contribution in [2.75, 3.05) is 13.1 Å². The first-order valence-corrected chi connectivity index (χ1v) is 8.74. The minimum Gasteiger partial charge on any atom is -0.316 e. The quantitative estimate of drug-likeness (QED) is 0.417. The molecule has 0 saturated carbocycles. The van der Waals surface area contributed by atoms with Gasteiger partial charge in [-0.1, -0.05) is 79.6 Å². The van der Waals surface area contributed by atoms with Crippen LogP contribution in [0.2, 0.25) is 0 Å². The van der Waals surface area contributed by atoms with Crippen LogP contribution in [0.3, 0.4) is 0 Å². The highest BCUT2D eigenvalue weighted by Crippen LogP contribution is 2.28. The molecule has 1 heteroatoms. The molecule has 0 bridgehead atoms. The molecule has 0 aliphatic heterocycles. The van der Waals surface area contributed by atoms with Gasteiger partial charge in [0.05, 0.1) is 0 Å². The molecule has 0 fully saturated rings. The fourth-order valence-electron chi connectivity index (χ4n) is 2.56. The van der Waals surface area contributed by atoms with E-state index in [0.717, 1.165) is 12.5 Å². The van der Waals surface area contributed by atoms with E-state index in [0.29, 0.717) is 5.41 Å². The molecule has 0 heterocycles. The third kappa shape index (κ3) is 11.5. The van der Waals surface area contributed by atoms with Crippen molar-refractivity contribution in [2.45, 2.75) is 92.4 Å². The van der Waals surface area contributed by atoms with Crippen molar-refractivity contribution in [3.63, 3.8) is 0 Å². The second-order valence-electron chi connectivity index (χ2n) is 7.06. The van der Waals surface area contributed by atoms with Gasteiger partial charge in [0.2, 0.25) is 0 Å². The predicted octanol–water partition coefficient (Wildman–Crippen LogP) is 5.79. The lowest BCUT2D eigenvalue weighted by Gasteiger charge is -2.29. The van der Waals surface area contributed by atoms with Gasteiger partial charge in [0.15, 0.2) is 0 Å². The van der Waals surface area contributed by atoms with Crippen molar-refractivity contribution in [2.24, 2.45) is 11.3 Å². The maximum atomic E-state index is 3.65. The number of rotatable bonds is 13. The van der Waals surface area contributed by atoms with Gasteiger partial charge < -0.3 is 5.32 Å². The summed E-state index contributed by atoms with van der Waals surface area (Å²) >= 11 is 0. The first-order chi connectivity index (χ1) is 9.04. The minimum atomic E-state index is 0.512. The largest absolute Gasteiger partial charge is 0.316 e. The Kier molecular flexibility index (Phi) is 11.7. The Morgan fingerprint density at radius 2 is 1.47 bits per heavy atom. The molecule has 0 amide bonds. The molecule has 0 aromatic carbocycles. The topological polar surface area (TPSA) is 12.0 Å². The summed E-state index contributed by atoms with van der Waals surface area (Å²) in [6.45, 7) is 14.0. The summed E-state index contributed by atoms with van der Waals surface area (Å²) in [4.78, 5) is 0. The molecule has 0 aromatic heterocycles. The first-order valence-electron chi connectivity index (χ1n) is 8.74. The van der Waals surface area contributed by atoms with Crippen molar-refractivity contribution in [1.29, 1.82) is 0 Å². The Morgan fingerprint density at radius 3 is 2.00 bits per heavy atom. The third-order valence-electron chi connectivity index (χ3n) is 4.34. The van der Waals surface area contributed by atoms with Crippen LogP contribution in [-0.2, 0) is 0 Å². The molecule has 0 aliphatic carbocycles. The van der Waals surface area contributed by atoms with Crippen LogP contribution in [0.4, 0.5) is 0 Å². The third-order valence-corrected chi connectivity index (χ3v) is 4.34. The van der Waals surface area contributed by atoms with Crippen LogP contribution in [0.5, 0.6) is 0 Å². The van der Waals surface area contributed by atoms with Gasteiger partial charge in [-0.05, 0) is 30.7 Å². The maximum Gasteiger partial charge on any atom is 0.000517 e. The molecule has 19 heavy (non-hydrogen) atoms. The molecule has 0 spiro atoms. The van der Waals surface area contributed by atoms with E-state index in [1.165, 1.54) is 64.3 Å². The summed E-state index contributed by atoms with van der Waals surface area (Å²) in [7, 11) is 0. The van der Waals surface area contributed by atoms with Crippen molar-refractivity contribution in [3.05, 3.63) is 0 Å².